The molecule has 1 aromatic heterocycles. The first-order valence-corrected chi connectivity index (χ1v) is 5.81. The van der Waals surface area contributed by atoms with Crippen molar-refractivity contribution in [2.45, 2.75) is 58.9 Å². The van der Waals surface area contributed by atoms with Gasteiger partial charge in [0.2, 0.25) is 0 Å². The molecule has 3 nitrogen and oxygen atoms in total. The zero-order valence-corrected chi connectivity index (χ0v) is 10.9. The molecule has 0 aromatic carbocycles. The molecular weight excluding hydrogens is 198 g/mol. The zero-order valence-electron chi connectivity index (χ0n) is 10.9. The van der Waals surface area contributed by atoms with E-state index in [1.165, 1.54) is 5.69 Å². The predicted octanol–water partition coefficient (Wildman–Crippen LogP) is 3.22. The second kappa shape index (κ2) is 4.69. The number of nitriles is 1. The molecule has 0 aliphatic rings. The van der Waals surface area contributed by atoms with Crippen molar-refractivity contribution in [2.24, 2.45) is 0 Å². The third-order valence-electron chi connectivity index (χ3n) is 2.59. The standard InChI is InChI=1S/C13H21N3/c1-10(2)11-9-12(13(3,4)5)16(15-11)8-6-7-14/h9-10H,6,8H2,1-5H3. The van der Waals surface area contributed by atoms with Gasteiger partial charge in [0.25, 0.3) is 0 Å². The first-order chi connectivity index (χ1) is 7.36. The van der Waals surface area contributed by atoms with E-state index < -0.39 is 0 Å². The molecule has 1 heterocycles. The van der Waals surface area contributed by atoms with Crippen LogP contribution >= 0.6 is 0 Å². The molecule has 0 aliphatic heterocycles. The lowest BCUT2D eigenvalue weighted by molar-refractivity contribution is 0.487. The fourth-order valence-corrected chi connectivity index (χ4v) is 1.65. The highest BCUT2D eigenvalue weighted by Crippen LogP contribution is 2.25. The molecule has 0 bridgehead atoms. The summed E-state index contributed by atoms with van der Waals surface area (Å²) in [6, 6.07) is 4.34. The fraction of sp³-hybridized carbons (Fsp3) is 0.692. The maximum Gasteiger partial charge on any atom is 0.0653 e. The molecule has 0 atom stereocenters. The highest BCUT2D eigenvalue weighted by Gasteiger charge is 2.21. The molecule has 16 heavy (non-hydrogen) atoms. The fourth-order valence-electron chi connectivity index (χ4n) is 1.65. The SMILES string of the molecule is CC(C)c1cc(C(C)(C)C)n(CCC#N)n1. The topological polar surface area (TPSA) is 41.6 Å². The van der Waals surface area contributed by atoms with E-state index in [-0.39, 0.29) is 5.41 Å². The van der Waals surface area contributed by atoms with Crippen molar-refractivity contribution in [1.82, 2.24) is 9.78 Å². The molecule has 88 valence electrons. The van der Waals surface area contributed by atoms with Gasteiger partial charge in [-0.05, 0) is 12.0 Å². The van der Waals surface area contributed by atoms with Crippen LogP contribution in [0.2, 0.25) is 0 Å². The van der Waals surface area contributed by atoms with Crippen molar-refractivity contribution >= 4 is 0 Å². The van der Waals surface area contributed by atoms with Crippen molar-refractivity contribution in [3.05, 3.63) is 17.5 Å². The minimum Gasteiger partial charge on any atom is -0.268 e. The molecule has 1 rings (SSSR count). The van der Waals surface area contributed by atoms with Gasteiger partial charge in [-0.25, -0.2) is 0 Å². The summed E-state index contributed by atoms with van der Waals surface area (Å²) in [5.74, 6) is 0.435. The summed E-state index contributed by atoms with van der Waals surface area (Å²) in [6.07, 6.45) is 0.516. The third-order valence-corrected chi connectivity index (χ3v) is 2.59. The second-order valence-electron chi connectivity index (χ2n) is 5.49. The molecule has 0 amide bonds. The number of hydrogen-bond donors (Lipinski definition) is 0. The normalized spacial score (nSPS) is 11.8. The van der Waals surface area contributed by atoms with Crippen LogP contribution in [0.25, 0.3) is 0 Å². The van der Waals surface area contributed by atoms with Gasteiger partial charge < -0.3 is 0 Å². The Morgan fingerprint density at radius 2 is 2.06 bits per heavy atom. The molecular formula is C13H21N3. The molecule has 0 saturated carbocycles. The van der Waals surface area contributed by atoms with Gasteiger partial charge in [-0.1, -0.05) is 34.6 Å². The van der Waals surface area contributed by atoms with Crippen LogP contribution in [0.1, 0.15) is 58.3 Å². The van der Waals surface area contributed by atoms with E-state index in [9.17, 15) is 0 Å². The lowest BCUT2D eigenvalue weighted by Gasteiger charge is -2.19. The summed E-state index contributed by atoms with van der Waals surface area (Å²) in [6.45, 7) is 11.5. The molecule has 0 unspecified atom stereocenters. The highest BCUT2D eigenvalue weighted by molar-refractivity contribution is 5.20. The molecule has 3 heteroatoms. The van der Waals surface area contributed by atoms with Gasteiger partial charge in [0, 0.05) is 11.1 Å². The van der Waals surface area contributed by atoms with Crippen LogP contribution in [-0.2, 0) is 12.0 Å². The minimum atomic E-state index is 0.0790. The van der Waals surface area contributed by atoms with E-state index in [1.54, 1.807) is 0 Å². The van der Waals surface area contributed by atoms with E-state index >= 15 is 0 Å². The van der Waals surface area contributed by atoms with Crippen molar-refractivity contribution < 1.29 is 0 Å². The van der Waals surface area contributed by atoms with Gasteiger partial charge in [-0.15, -0.1) is 0 Å². The summed E-state index contributed by atoms with van der Waals surface area (Å²) < 4.78 is 1.98. The van der Waals surface area contributed by atoms with E-state index in [2.05, 4.69) is 51.9 Å². The van der Waals surface area contributed by atoms with Crippen LogP contribution in [0.4, 0.5) is 0 Å². The van der Waals surface area contributed by atoms with Crippen LogP contribution in [0, 0.1) is 11.3 Å². The van der Waals surface area contributed by atoms with Gasteiger partial charge in [0.15, 0.2) is 0 Å². The lowest BCUT2D eigenvalue weighted by atomic mass is 9.91. The van der Waals surface area contributed by atoms with Crippen LogP contribution in [0.3, 0.4) is 0 Å². The van der Waals surface area contributed by atoms with E-state index in [0.29, 0.717) is 18.9 Å². The number of nitrogens with zero attached hydrogens (tertiary/aromatic N) is 3. The Labute approximate surface area is 98.1 Å². The van der Waals surface area contributed by atoms with Crippen LogP contribution in [0.5, 0.6) is 0 Å². The first kappa shape index (κ1) is 12.8. The summed E-state index contributed by atoms with van der Waals surface area (Å²) in [7, 11) is 0. The van der Waals surface area contributed by atoms with Gasteiger partial charge >= 0.3 is 0 Å². The maximum absolute atomic E-state index is 8.65. The van der Waals surface area contributed by atoms with Crippen molar-refractivity contribution in [2.75, 3.05) is 0 Å². The van der Waals surface area contributed by atoms with Crippen molar-refractivity contribution in [3.8, 4) is 6.07 Å². The third kappa shape index (κ3) is 2.85. The average molecular weight is 219 g/mol. The quantitative estimate of drug-likeness (QED) is 0.783. The summed E-state index contributed by atoms with van der Waals surface area (Å²) in [5, 5.41) is 13.2. The Bertz CT molecular complexity index is 388. The Kier molecular flexibility index (Phi) is 3.74. The molecule has 0 radical (unpaired) electrons. The summed E-state index contributed by atoms with van der Waals surface area (Å²) >= 11 is 0. The van der Waals surface area contributed by atoms with Crippen molar-refractivity contribution in [1.29, 1.82) is 5.26 Å². The van der Waals surface area contributed by atoms with E-state index in [1.807, 2.05) is 4.68 Å². The molecule has 0 saturated heterocycles. The largest absolute Gasteiger partial charge is 0.268 e. The zero-order chi connectivity index (χ0) is 12.3. The molecule has 0 fully saturated rings. The van der Waals surface area contributed by atoms with Crippen LogP contribution in [-0.4, -0.2) is 9.78 Å². The molecule has 0 aliphatic carbocycles. The Hall–Kier alpha value is -1.30. The Morgan fingerprint density at radius 3 is 2.50 bits per heavy atom. The highest BCUT2D eigenvalue weighted by atomic mass is 15.3. The van der Waals surface area contributed by atoms with Crippen LogP contribution in [0.15, 0.2) is 6.07 Å². The Morgan fingerprint density at radius 1 is 1.44 bits per heavy atom. The molecule has 1 aromatic rings. The lowest BCUT2D eigenvalue weighted by Crippen LogP contribution is -2.18. The molecule has 0 N–H and O–H groups in total. The smallest absolute Gasteiger partial charge is 0.0653 e. The van der Waals surface area contributed by atoms with E-state index in [4.69, 9.17) is 5.26 Å². The van der Waals surface area contributed by atoms with Crippen molar-refractivity contribution in [3.63, 3.8) is 0 Å². The Balaban J connectivity index is 3.09. The summed E-state index contributed by atoms with van der Waals surface area (Å²) in [4.78, 5) is 0. The number of aromatic nitrogens is 2. The minimum absolute atomic E-state index is 0.0790. The number of hydrogen-bond acceptors (Lipinski definition) is 2. The maximum atomic E-state index is 8.65. The summed E-state index contributed by atoms with van der Waals surface area (Å²) in [5.41, 5.74) is 2.41. The number of rotatable bonds is 3. The van der Waals surface area contributed by atoms with Crippen LogP contribution < -0.4 is 0 Å². The average Bonchev–Trinajstić information content (AvgIpc) is 2.57. The molecule has 0 spiro atoms. The monoisotopic (exact) mass is 219 g/mol. The second-order valence-corrected chi connectivity index (χ2v) is 5.49. The predicted molar refractivity (Wildman–Crippen MR) is 65.2 cm³/mol. The van der Waals surface area contributed by atoms with Gasteiger partial charge in [0.05, 0.1) is 24.7 Å². The first-order valence-electron chi connectivity index (χ1n) is 5.81. The van der Waals surface area contributed by atoms with E-state index in [0.717, 1.165) is 5.69 Å². The van der Waals surface area contributed by atoms with Gasteiger partial charge in [0.1, 0.15) is 0 Å². The van der Waals surface area contributed by atoms with Gasteiger partial charge in [-0.3, -0.25) is 4.68 Å². The number of aryl methyl sites for hydroxylation is 1. The van der Waals surface area contributed by atoms with Gasteiger partial charge in [-0.2, -0.15) is 10.4 Å².